The summed E-state index contributed by atoms with van der Waals surface area (Å²) in [6, 6.07) is 5.37. The lowest BCUT2D eigenvalue weighted by molar-refractivity contribution is 0.292. The van der Waals surface area contributed by atoms with Gasteiger partial charge in [-0.25, -0.2) is 0 Å². The molecule has 2 aliphatic rings. The van der Waals surface area contributed by atoms with E-state index in [-0.39, 0.29) is 5.75 Å². The number of hydrogen-bond acceptors (Lipinski definition) is 4. The number of aromatic nitrogens is 1. The standard InChI is InChI=1S/C18H22N2O2/c21-14-6-7-16-15(10-14)18-17(11-19-16)22-9-8-20(18)12-13-4-2-1-3-5-13/h6-7,10-11,13,21H,1-5,8-9,12H2. The molecule has 2 aromatic rings. The highest BCUT2D eigenvalue weighted by atomic mass is 16.5. The van der Waals surface area contributed by atoms with E-state index in [4.69, 9.17) is 4.74 Å². The number of hydrogen-bond donors (Lipinski definition) is 1. The Kier molecular flexibility index (Phi) is 3.53. The molecule has 4 rings (SSSR count). The molecule has 1 fully saturated rings. The quantitative estimate of drug-likeness (QED) is 0.918. The van der Waals surface area contributed by atoms with Crippen molar-refractivity contribution in [2.45, 2.75) is 32.1 Å². The fourth-order valence-electron chi connectivity index (χ4n) is 3.82. The molecule has 0 saturated heterocycles. The normalized spacial score (nSPS) is 19.0. The molecular weight excluding hydrogens is 276 g/mol. The summed E-state index contributed by atoms with van der Waals surface area (Å²) in [6.45, 7) is 2.72. The van der Waals surface area contributed by atoms with Gasteiger partial charge in [-0.3, -0.25) is 4.98 Å². The van der Waals surface area contributed by atoms with Gasteiger partial charge in [-0.15, -0.1) is 0 Å². The summed E-state index contributed by atoms with van der Waals surface area (Å²) in [5.74, 6) is 1.91. The number of phenolic OH excluding ortho intramolecular Hbond substituents is 1. The molecule has 116 valence electrons. The lowest BCUT2D eigenvalue weighted by atomic mass is 9.88. The maximum atomic E-state index is 9.85. The van der Waals surface area contributed by atoms with Crippen molar-refractivity contribution < 1.29 is 9.84 Å². The van der Waals surface area contributed by atoms with Crippen LogP contribution in [0.5, 0.6) is 11.5 Å². The van der Waals surface area contributed by atoms with Gasteiger partial charge in [0.15, 0.2) is 5.75 Å². The lowest BCUT2D eigenvalue weighted by Crippen LogP contribution is -2.37. The molecule has 1 aliphatic heterocycles. The van der Waals surface area contributed by atoms with Gasteiger partial charge in [-0.1, -0.05) is 19.3 Å². The Labute approximate surface area is 130 Å². The highest BCUT2D eigenvalue weighted by Gasteiger charge is 2.25. The van der Waals surface area contributed by atoms with Gasteiger partial charge >= 0.3 is 0 Å². The molecule has 1 aromatic carbocycles. The Morgan fingerprint density at radius 1 is 1.23 bits per heavy atom. The van der Waals surface area contributed by atoms with E-state index < -0.39 is 0 Å². The number of fused-ring (bicyclic) bond motifs is 3. The molecular formula is C18H22N2O2. The summed E-state index contributed by atoms with van der Waals surface area (Å²) in [7, 11) is 0. The molecule has 1 aromatic heterocycles. The zero-order valence-corrected chi connectivity index (χ0v) is 12.8. The molecule has 4 nitrogen and oxygen atoms in total. The van der Waals surface area contributed by atoms with E-state index in [1.807, 2.05) is 18.3 Å². The van der Waals surface area contributed by atoms with Crippen LogP contribution in [0.4, 0.5) is 5.69 Å². The molecule has 0 amide bonds. The molecule has 1 N–H and O–H groups in total. The second kappa shape index (κ2) is 5.67. The maximum Gasteiger partial charge on any atom is 0.161 e. The largest absolute Gasteiger partial charge is 0.508 e. The van der Waals surface area contributed by atoms with Crippen molar-refractivity contribution in [3.8, 4) is 11.5 Å². The number of rotatable bonds is 2. The summed E-state index contributed by atoms with van der Waals surface area (Å²) in [5.41, 5.74) is 2.02. The summed E-state index contributed by atoms with van der Waals surface area (Å²) >= 11 is 0. The second-order valence-electron chi connectivity index (χ2n) is 6.47. The van der Waals surface area contributed by atoms with Crippen molar-refractivity contribution in [3.63, 3.8) is 0 Å². The molecule has 1 aliphatic carbocycles. The smallest absolute Gasteiger partial charge is 0.161 e. The van der Waals surface area contributed by atoms with Crippen LogP contribution in [-0.4, -0.2) is 29.8 Å². The summed E-state index contributed by atoms with van der Waals surface area (Å²) < 4.78 is 5.81. The number of benzene rings is 1. The van der Waals surface area contributed by atoms with E-state index in [2.05, 4.69) is 9.88 Å². The summed E-state index contributed by atoms with van der Waals surface area (Å²) in [4.78, 5) is 6.90. The van der Waals surface area contributed by atoms with Crippen molar-refractivity contribution in [1.29, 1.82) is 0 Å². The molecule has 4 heteroatoms. The Bertz CT molecular complexity index is 680. The number of nitrogens with zero attached hydrogens (tertiary/aromatic N) is 2. The molecule has 0 unspecified atom stereocenters. The van der Waals surface area contributed by atoms with Crippen molar-refractivity contribution >= 4 is 16.6 Å². The predicted molar refractivity (Wildman–Crippen MR) is 87.7 cm³/mol. The molecule has 0 spiro atoms. The van der Waals surface area contributed by atoms with Gasteiger partial charge in [0.1, 0.15) is 12.4 Å². The first-order chi connectivity index (χ1) is 10.8. The molecule has 0 radical (unpaired) electrons. The van der Waals surface area contributed by atoms with E-state index in [0.717, 1.165) is 41.3 Å². The minimum Gasteiger partial charge on any atom is -0.508 e. The van der Waals surface area contributed by atoms with Gasteiger partial charge in [0, 0.05) is 11.9 Å². The van der Waals surface area contributed by atoms with Gasteiger partial charge in [-0.05, 0) is 37.0 Å². The zero-order chi connectivity index (χ0) is 14.9. The van der Waals surface area contributed by atoms with Crippen LogP contribution in [0, 0.1) is 5.92 Å². The van der Waals surface area contributed by atoms with E-state index in [0.29, 0.717) is 6.61 Å². The monoisotopic (exact) mass is 298 g/mol. The van der Waals surface area contributed by atoms with E-state index in [1.54, 1.807) is 6.07 Å². The van der Waals surface area contributed by atoms with Crippen molar-refractivity contribution in [1.82, 2.24) is 4.98 Å². The Hall–Kier alpha value is -1.97. The minimum atomic E-state index is 0.283. The predicted octanol–water partition coefficient (Wildman–Crippen LogP) is 3.72. The highest BCUT2D eigenvalue weighted by molar-refractivity contribution is 5.96. The number of ether oxygens (including phenoxy) is 1. The van der Waals surface area contributed by atoms with Crippen LogP contribution >= 0.6 is 0 Å². The Morgan fingerprint density at radius 2 is 2.09 bits per heavy atom. The van der Waals surface area contributed by atoms with Gasteiger partial charge < -0.3 is 14.7 Å². The van der Waals surface area contributed by atoms with Gasteiger partial charge in [0.2, 0.25) is 0 Å². The van der Waals surface area contributed by atoms with Crippen molar-refractivity contribution in [3.05, 3.63) is 24.4 Å². The van der Waals surface area contributed by atoms with Crippen LogP contribution < -0.4 is 9.64 Å². The first kappa shape index (κ1) is 13.7. The van der Waals surface area contributed by atoms with Gasteiger partial charge in [0.05, 0.1) is 23.9 Å². The number of pyridine rings is 1. The summed E-state index contributed by atoms with van der Waals surface area (Å²) in [5, 5.41) is 10.8. The number of aromatic hydroxyl groups is 1. The third-order valence-corrected chi connectivity index (χ3v) is 4.93. The van der Waals surface area contributed by atoms with Gasteiger partial charge in [-0.2, -0.15) is 0 Å². The maximum absolute atomic E-state index is 9.85. The van der Waals surface area contributed by atoms with Gasteiger partial charge in [0.25, 0.3) is 0 Å². The highest BCUT2D eigenvalue weighted by Crippen LogP contribution is 2.39. The van der Waals surface area contributed by atoms with Crippen molar-refractivity contribution in [2.75, 3.05) is 24.6 Å². The Balaban J connectivity index is 1.73. The van der Waals surface area contributed by atoms with Crippen LogP contribution in [0.3, 0.4) is 0 Å². The molecule has 22 heavy (non-hydrogen) atoms. The topological polar surface area (TPSA) is 45.6 Å². The SMILES string of the molecule is Oc1ccc2ncc3c(c2c1)N(CC1CCCCC1)CCO3. The molecule has 1 saturated carbocycles. The van der Waals surface area contributed by atoms with E-state index in [1.165, 1.54) is 32.1 Å². The average molecular weight is 298 g/mol. The van der Waals surface area contributed by atoms with Crippen LogP contribution in [0.25, 0.3) is 10.9 Å². The lowest BCUT2D eigenvalue weighted by Gasteiger charge is -2.35. The van der Waals surface area contributed by atoms with Crippen molar-refractivity contribution in [2.24, 2.45) is 5.92 Å². The fourth-order valence-corrected chi connectivity index (χ4v) is 3.82. The summed E-state index contributed by atoms with van der Waals surface area (Å²) in [6.07, 6.45) is 8.60. The van der Waals surface area contributed by atoms with Crippen LogP contribution in [0.15, 0.2) is 24.4 Å². The minimum absolute atomic E-state index is 0.283. The van der Waals surface area contributed by atoms with Crippen LogP contribution in [0.2, 0.25) is 0 Å². The molecule has 0 atom stereocenters. The second-order valence-corrected chi connectivity index (χ2v) is 6.47. The first-order valence-corrected chi connectivity index (χ1v) is 8.31. The zero-order valence-electron chi connectivity index (χ0n) is 12.8. The number of phenols is 1. The number of anilines is 1. The van der Waals surface area contributed by atoms with E-state index in [9.17, 15) is 5.11 Å². The third-order valence-electron chi connectivity index (χ3n) is 4.93. The Morgan fingerprint density at radius 3 is 2.95 bits per heavy atom. The first-order valence-electron chi connectivity index (χ1n) is 8.31. The van der Waals surface area contributed by atoms with Crippen LogP contribution in [0.1, 0.15) is 32.1 Å². The average Bonchev–Trinajstić information content (AvgIpc) is 2.55. The fraction of sp³-hybridized carbons (Fsp3) is 0.500. The third kappa shape index (κ3) is 2.47. The van der Waals surface area contributed by atoms with E-state index >= 15 is 0 Å². The molecule has 0 bridgehead atoms. The van der Waals surface area contributed by atoms with Crippen LogP contribution in [-0.2, 0) is 0 Å². The molecule has 2 heterocycles.